The summed E-state index contributed by atoms with van der Waals surface area (Å²) in [5.41, 5.74) is -0.348. The Hall–Kier alpha value is -4.41. The van der Waals surface area contributed by atoms with E-state index in [2.05, 4.69) is 25.0 Å². The molecule has 49 heavy (non-hydrogen) atoms. The van der Waals surface area contributed by atoms with E-state index in [0.29, 0.717) is 29.4 Å². The predicted octanol–water partition coefficient (Wildman–Crippen LogP) is 7.05. The molecule has 11 nitrogen and oxygen atoms in total. The van der Waals surface area contributed by atoms with Crippen LogP contribution in [0.4, 0.5) is 26.0 Å². The molecule has 1 aliphatic rings. The van der Waals surface area contributed by atoms with Gasteiger partial charge in [-0.1, -0.05) is 47.5 Å². The fourth-order valence-corrected chi connectivity index (χ4v) is 9.13. The highest BCUT2D eigenvalue weighted by Gasteiger charge is 2.29. The van der Waals surface area contributed by atoms with E-state index in [0.717, 1.165) is 24.9 Å². The normalized spacial score (nSPS) is 15.2. The number of nitrogens with one attached hydrogen (secondary N) is 2. The number of benzene rings is 3. The minimum atomic E-state index is -4.44. The SMILES string of the molecule is O=S(=O)(CC1CCCO1)c1cn(-c2ccc3ncnc(Nc4c(F)ccc(NS(=O)(=O)c5cccc(Cl)c5Cl)c4F)c3n2)c2ccccc12. The highest BCUT2D eigenvalue weighted by molar-refractivity contribution is 7.93. The van der Waals surface area contributed by atoms with Gasteiger partial charge in [0.05, 0.1) is 43.5 Å². The molecule has 1 unspecified atom stereocenters. The van der Waals surface area contributed by atoms with Crippen molar-refractivity contribution >= 4 is 82.2 Å². The fraction of sp³-hybridized carbons (Fsp3) is 0.156. The van der Waals surface area contributed by atoms with E-state index in [-0.39, 0.29) is 43.9 Å². The lowest BCUT2D eigenvalue weighted by Gasteiger charge is -2.15. The summed E-state index contributed by atoms with van der Waals surface area (Å²) in [6, 6.07) is 15.9. The number of pyridine rings is 1. The van der Waals surface area contributed by atoms with Gasteiger partial charge in [-0.3, -0.25) is 9.29 Å². The van der Waals surface area contributed by atoms with Crippen molar-refractivity contribution in [2.24, 2.45) is 0 Å². The van der Waals surface area contributed by atoms with Crippen molar-refractivity contribution in [2.75, 3.05) is 22.4 Å². The zero-order valence-corrected chi connectivity index (χ0v) is 28.2. The lowest BCUT2D eigenvalue weighted by Crippen LogP contribution is -2.20. The zero-order chi connectivity index (χ0) is 34.5. The number of sulfonamides is 1. The zero-order valence-electron chi connectivity index (χ0n) is 25.1. The average Bonchev–Trinajstić information content (AvgIpc) is 3.73. The Balaban J connectivity index is 1.27. The molecule has 0 bridgehead atoms. The molecular formula is C32H24Cl2F2N6O5S2. The number of nitrogens with zero attached hydrogens (tertiary/aromatic N) is 4. The minimum Gasteiger partial charge on any atom is -0.377 e. The molecule has 0 radical (unpaired) electrons. The van der Waals surface area contributed by atoms with Gasteiger partial charge in [0, 0.05) is 18.2 Å². The van der Waals surface area contributed by atoms with Gasteiger partial charge in [0.15, 0.2) is 21.5 Å². The number of hydrogen-bond donors (Lipinski definition) is 2. The molecule has 3 aromatic carbocycles. The van der Waals surface area contributed by atoms with Crippen LogP contribution >= 0.6 is 23.2 Å². The topological polar surface area (TPSA) is 145 Å². The molecule has 3 aromatic heterocycles. The van der Waals surface area contributed by atoms with Gasteiger partial charge in [0.25, 0.3) is 10.0 Å². The van der Waals surface area contributed by atoms with Crippen LogP contribution in [-0.2, 0) is 24.6 Å². The number of sulfone groups is 1. The highest BCUT2D eigenvalue weighted by atomic mass is 35.5. The quantitative estimate of drug-likeness (QED) is 0.159. The molecule has 1 saturated heterocycles. The molecule has 6 aromatic rings. The summed E-state index contributed by atoms with van der Waals surface area (Å²) in [6.45, 7) is 0.521. The molecule has 0 spiro atoms. The Kier molecular flexibility index (Phi) is 8.65. The molecule has 2 N–H and O–H groups in total. The summed E-state index contributed by atoms with van der Waals surface area (Å²) in [6.07, 6.45) is 3.72. The Morgan fingerprint density at radius 3 is 2.55 bits per heavy atom. The van der Waals surface area contributed by atoms with Gasteiger partial charge < -0.3 is 10.1 Å². The van der Waals surface area contributed by atoms with E-state index in [1.54, 1.807) is 41.0 Å². The first kappa shape index (κ1) is 33.1. The van der Waals surface area contributed by atoms with Crippen LogP contribution in [-0.4, -0.2) is 54.8 Å². The minimum absolute atomic E-state index is 0.0292. The molecule has 0 amide bonds. The molecule has 1 atom stereocenters. The lowest BCUT2D eigenvalue weighted by molar-refractivity contribution is 0.127. The van der Waals surface area contributed by atoms with Crippen molar-refractivity contribution in [1.29, 1.82) is 0 Å². The van der Waals surface area contributed by atoms with Crippen molar-refractivity contribution in [3.8, 4) is 5.82 Å². The Morgan fingerprint density at radius 2 is 1.76 bits per heavy atom. The van der Waals surface area contributed by atoms with Crippen LogP contribution in [0, 0.1) is 11.6 Å². The summed E-state index contributed by atoms with van der Waals surface area (Å²) >= 11 is 12.0. The number of para-hydroxylation sites is 1. The van der Waals surface area contributed by atoms with Crippen LogP contribution in [0.15, 0.2) is 89.0 Å². The maximum atomic E-state index is 15.8. The molecule has 0 aliphatic carbocycles. The van der Waals surface area contributed by atoms with Gasteiger partial charge in [-0.2, -0.15) is 0 Å². The van der Waals surface area contributed by atoms with E-state index < -0.39 is 47.8 Å². The van der Waals surface area contributed by atoms with E-state index in [1.165, 1.54) is 24.4 Å². The molecule has 4 heterocycles. The number of fused-ring (bicyclic) bond motifs is 2. The Labute approximate surface area is 288 Å². The van der Waals surface area contributed by atoms with E-state index >= 15 is 8.78 Å². The molecule has 17 heteroatoms. The molecule has 252 valence electrons. The summed E-state index contributed by atoms with van der Waals surface area (Å²) in [4.78, 5) is 12.7. The number of aromatic nitrogens is 4. The second-order valence-electron chi connectivity index (χ2n) is 11.1. The first-order valence-electron chi connectivity index (χ1n) is 14.7. The van der Waals surface area contributed by atoms with Gasteiger partial charge in [-0.15, -0.1) is 0 Å². The summed E-state index contributed by atoms with van der Waals surface area (Å²) in [7, 11) is -8.20. The molecule has 1 fully saturated rings. The van der Waals surface area contributed by atoms with Crippen molar-refractivity contribution in [1.82, 2.24) is 19.5 Å². The van der Waals surface area contributed by atoms with Crippen molar-refractivity contribution in [2.45, 2.75) is 28.7 Å². The number of anilines is 3. The largest absolute Gasteiger partial charge is 0.377 e. The average molecular weight is 746 g/mol. The highest BCUT2D eigenvalue weighted by Crippen LogP contribution is 2.35. The van der Waals surface area contributed by atoms with Gasteiger partial charge in [-0.25, -0.2) is 40.6 Å². The molecule has 1 aliphatic heterocycles. The van der Waals surface area contributed by atoms with Gasteiger partial charge in [0.2, 0.25) is 0 Å². The van der Waals surface area contributed by atoms with Crippen LogP contribution in [0.5, 0.6) is 0 Å². The standard InChI is InChI=1S/C32H24Cl2F2N6O5S2/c33-20-7-3-9-25(28(20)34)49(45,46)41-22-11-10-21(35)30(29(22)36)40-32-31-23(37-17-38-32)12-13-27(39-31)42-15-26(19-6-1-2-8-24(19)42)48(43,44)16-18-5-4-14-47-18/h1-3,6-13,15,17-18,41H,4-5,14,16H2,(H,37,38,40). The van der Waals surface area contributed by atoms with Crippen LogP contribution < -0.4 is 10.0 Å². The number of hydrogen-bond acceptors (Lipinski definition) is 9. The maximum Gasteiger partial charge on any atom is 0.263 e. The van der Waals surface area contributed by atoms with Gasteiger partial charge in [-0.05, 0) is 55.3 Å². The third-order valence-electron chi connectivity index (χ3n) is 7.94. The first-order valence-corrected chi connectivity index (χ1v) is 18.6. The van der Waals surface area contributed by atoms with Crippen molar-refractivity contribution in [3.63, 3.8) is 0 Å². The van der Waals surface area contributed by atoms with E-state index in [4.69, 9.17) is 27.9 Å². The molecule has 0 saturated carbocycles. The van der Waals surface area contributed by atoms with Crippen molar-refractivity contribution in [3.05, 3.63) is 101 Å². The van der Waals surface area contributed by atoms with Gasteiger partial charge in [0.1, 0.15) is 34.1 Å². The number of halogens is 4. The summed E-state index contributed by atoms with van der Waals surface area (Å²) in [5, 5.41) is 2.79. The summed E-state index contributed by atoms with van der Waals surface area (Å²) in [5.74, 6) is -2.32. The second kappa shape index (κ2) is 12.8. The third-order valence-corrected chi connectivity index (χ3v) is 12.1. The van der Waals surface area contributed by atoms with E-state index in [1.807, 2.05) is 0 Å². The van der Waals surface area contributed by atoms with Crippen LogP contribution in [0.2, 0.25) is 10.0 Å². The third kappa shape index (κ3) is 6.28. The predicted molar refractivity (Wildman–Crippen MR) is 182 cm³/mol. The van der Waals surface area contributed by atoms with Crippen LogP contribution in [0.1, 0.15) is 12.8 Å². The van der Waals surface area contributed by atoms with E-state index in [9.17, 15) is 16.8 Å². The van der Waals surface area contributed by atoms with Gasteiger partial charge >= 0.3 is 0 Å². The first-order chi connectivity index (χ1) is 23.4. The molecular weight excluding hydrogens is 721 g/mol. The second-order valence-corrected chi connectivity index (χ2v) is 15.6. The smallest absolute Gasteiger partial charge is 0.263 e. The molecule has 7 rings (SSSR count). The van der Waals surface area contributed by atoms with Crippen molar-refractivity contribution < 1.29 is 30.4 Å². The maximum absolute atomic E-state index is 15.8. The summed E-state index contributed by atoms with van der Waals surface area (Å²) < 4.78 is 93.4. The monoisotopic (exact) mass is 744 g/mol. The number of ether oxygens (including phenoxy) is 1. The Bertz CT molecular complexity index is 2490. The van der Waals surface area contributed by atoms with Crippen LogP contribution in [0.3, 0.4) is 0 Å². The number of rotatable bonds is 9. The lowest BCUT2D eigenvalue weighted by atomic mass is 10.2. The Morgan fingerprint density at radius 1 is 0.939 bits per heavy atom. The van der Waals surface area contributed by atoms with Crippen LogP contribution in [0.25, 0.3) is 27.8 Å². The fourth-order valence-electron chi connectivity index (χ4n) is 5.61.